The Bertz CT molecular complexity index is 1090. The number of anilines is 1. The number of amides is 1. The lowest BCUT2D eigenvalue weighted by molar-refractivity contribution is -0.137. The number of benzene rings is 1. The fraction of sp³-hybridized carbons (Fsp3) is 0.333. The van der Waals surface area contributed by atoms with Gasteiger partial charge in [-0.15, -0.1) is 0 Å². The van der Waals surface area contributed by atoms with E-state index in [0.717, 1.165) is 11.1 Å². The first-order valence-electron chi connectivity index (χ1n) is 9.83. The lowest BCUT2D eigenvalue weighted by Crippen LogP contribution is -2.30. The Morgan fingerprint density at radius 2 is 1.97 bits per heavy atom. The van der Waals surface area contributed by atoms with Crippen LogP contribution in [0.4, 0.5) is 5.82 Å². The number of aliphatic carboxylic acids is 1. The van der Waals surface area contributed by atoms with Crippen LogP contribution in [0.2, 0.25) is 0 Å². The maximum absolute atomic E-state index is 12.2. The first kappa shape index (κ1) is 21.9. The molecule has 10 nitrogen and oxygen atoms in total. The molecule has 1 atom stereocenters. The minimum absolute atomic E-state index is 0.119. The Balaban J connectivity index is 1.78. The molecule has 1 amide bonds. The van der Waals surface area contributed by atoms with Crippen molar-refractivity contribution < 1.29 is 14.7 Å². The van der Waals surface area contributed by atoms with Gasteiger partial charge in [-0.3, -0.25) is 14.9 Å². The third kappa shape index (κ3) is 5.84. The molecule has 0 bridgehead atoms. The van der Waals surface area contributed by atoms with Crippen molar-refractivity contribution in [3.8, 4) is 0 Å². The lowest BCUT2D eigenvalue weighted by atomic mass is 9.89. The summed E-state index contributed by atoms with van der Waals surface area (Å²) in [5.41, 5.74) is 2.34. The number of aromatic nitrogens is 2. The molecule has 0 spiro atoms. The zero-order chi connectivity index (χ0) is 22.4. The Kier molecular flexibility index (Phi) is 6.91. The van der Waals surface area contributed by atoms with Gasteiger partial charge in [0.05, 0.1) is 13.0 Å². The van der Waals surface area contributed by atoms with Crippen molar-refractivity contribution in [2.45, 2.75) is 32.6 Å². The smallest absolute Gasteiger partial charge is 0.347 e. The van der Waals surface area contributed by atoms with E-state index in [2.05, 4.69) is 30.6 Å². The number of rotatable bonds is 8. The number of aryl methyl sites for hydroxylation is 1. The number of carboxylic acid groups (broad SMARTS) is 1. The van der Waals surface area contributed by atoms with E-state index in [0.29, 0.717) is 23.6 Å². The van der Waals surface area contributed by atoms with Gasteiger partial charge in [0.15, 0.2) is 0 Å². The number of aromatic amines is 1. The Labute approximate surface area is 178 Å². The van der Waals surface area contributed by atoms with Crippen molar-refractivity contribution in [1.82, 2.24) is 15.3 Å². The number of carbonyl (C=O) groups is 2. The van der Waals surface area contributed by atoms with Crippen molar-refractivity contribution in [2.24, 2.45) is 9.98 Å². The average molecular weight is 424 g/mol. The summed E-state index contributed by atoms with van der Waals surface area (Å²) in [4.78, 5) is 50.3. The number of aliphatic imine (C=N–C) groups is 2. The molecule has 1 aliphatic heterocycles. The summed E-state index contributed by atoms with van der Waals surface area (Å²) < 4.78 is 0. The van der Waals surface area contributed by atoms with Crippen LogP contribution in [0.1, 0.15) is 41.1 Å². The van der Waals surface area contributed by atoms with E-state index in [1.807, 2.05) is 31.2 Å². The maximum Gasteiger partial charge on any atom is 0.347 e. The largest absolute Gasteiger partial charge is 0.481 e. The van der Waals surface area contributed by atoms with E-state index in [1.54, 1.807) is 13.1 Å². The fourth-order valence-corrected chi connectivity index (χ4v) is 3.28. The zero-order valence-corrected chi connectivity index (χ0v) is 17.3. The first-order valence-corrected chi connectivity index (χ1v) is 9.83. The van der Waals surface area contributed by atoms with Crippen molar-refractivity contribution in [3.63, 3.8) is 0 Å². The molecule has 0 fully saturated rings. The molecule has 0 radical (unpaired) electrons. The molecular formula is C21H24N6O4. The minimum atomic E-state index is -0.980. The number of carbonyl (C=O) groups excluding carboxylic acids is 1. The molecule has 0 saturated heterocycles. The van der Waals surface area contributed by atoms with E-state index >= 15 is 0 Å². The molecule has 0 saturated carbocycles. The van der Waals surface area contributed by atoms with Gasteiger partial charge in [0.25, 0.3) is 0 Å². The molecule has 2 aromatic rings. The second kappa shape index (κ2) is 9.79. The number of hydrogen-bond donors (Lipinski definition) is 4. The van der Waals surface area contributed by atoms with E-state index in [1.165, 1.54) is 0 Å². The lowest BCUT2D eigenvalue weighted by Gasteiger charge is -2.20. The first-order chi connectivity index (χ1) is 14.8. The number of guanidine groups is 1. The van der Waals surface area contributed by atoms with Crippen molar-refractivity contribution >= 4 is 29.9 Å². The molecule has 3 rings (SSSR count). The summed E-state index contributed by atoms with van der Waals surface area (Å²) >= 11 is 0. The number of nitrogens with one attached hydrogen (secondary N) is 3. The highest BCUT2D eigenvalue weighted by atomic mass is 16.4. The molecule has 1 aromatic heterocycles. The van der Waals surface area contributed by atoms with E-state index in [9.17, 15) is 19.5 Å². The van der Waals surface area contributed by atoms with Gasteiger partial charge in [0.2, 0.25) is 11.9 Å². The predicted octanol–water partition coefficient (Wildman–Crippen LogP) is 1.35. The van der Waals surface area contributed by atoms with Gasteiger partial charge in [-0.05, 0) is 19.4 Å². The monoisotopic (exact) mass is 424 g/mol. The van der Waals surface area contributed by atoms with E-state index < -0.39 is 17.6 Å². The third-order valence-electron chi connectivity index (χ3n) is 4.85. The number of H-pyrrole nitrogens is 1. The molecule has 4 N–H and O–H groups in total. The van der Waals surface area contributed by atoms with Gasteiger partial charge in [0, 0.05) is 36.4 Å². The Morgan fingerprint density at radius 3 is 2.61 bits per heavy atom. The Morgan fingerprint density at radius 1 is 1.23 bits per heavy atom. The van der Waals surface area contributed by atoms with Crippen LogP contribution in [-0.2, 0) is 9.59 Å². The zero-order valence-electron chi connectivity index (χ0n) is 17.3. The number of carboxylic acids is 1. The van der Waals surface area contributed by atoms with Crippen LogP contribution in [0.5, 0.6) is 0 Å². The van der Waals surface area contributed by atoms with Crippen LogP contribution < -0.4 is 16.3 Å². The molecule has 2 heterocycles. The Hall–Kier alpha value is -3.82. The molecule has 1 aromatic carbocycles. The highest BCUT2D eigenvalue weighted by molar-refractivity contribution is 6.02. The maximum atomic E-state index is 12.2. The molecular weight excluding hydrogens is 400 g/mol. The summed E-state index contributed by atoms with van der Waals surface area (Å²) in [7, 11) is 0. The highest BCUT2D eigenvalue weighted by Crippen LogP contribution is 2.30. The second-order valence-electron chi connectivity index (χ2n) is 7.19. The van der Waals surface area contributed by atoms with Gasteiger partial charge >= 0.3 is 11.7 Å². The van der Waals surface area contributed by atoms with Gasteiger partial charge in [-0.2, -0.15) is 4.98 Å². The van der Waals surface area contributed by atoms with Crippen LogP contribution in [0.3, 0.4) is 0 Å². The van der Waals surface area contributed by atoms with Crippen LogP contribution >= 0.6 is 0 Å². The van der Waals surface area contributed by atoms with Gasteiger partial charge in [-0.1, -0.05) is 29.8 Å². The average Bonchev–Trinajstić information content (AvgIpc) is 3.22. The summed E-state index contributed by atoms with van der Waals surface area (Å²) in [6.07, 6.45) is 1.53. The molecule has 162 valence electrons. The van der Waals surface area contributed by atoms with Crippen LogP contribution in [-0.4, -0.2) is 52.2 Å². The second-order valence-corrected chi connectivity index (χ2v) is 7.19. The summed E-state index contributed by atoms with van der Waals surface area (Å²) in [6, 6.07) is 7.50. The molecule has 1 unspecified atom stereocenters. The number of nitrogens with zero attached hydrogens (tertiary/aromatic N) is 3. The molecule has 31 heavy (non-hydrogen) atoms. The van der Waals surface area contributed by atoms with E-state index in [4.69, 9.17) is 0 Å². The van der Waals surface area contributed by atoms with Crippen LogP contribution in [0.15, 0.2) is 39.0 Å². The normalized spacial score (nSPS) is 13.5. The topological polar surface area (TPSA) is 149 Å². The molecule has 1 aliphatic rings. The van der Waals surface area contributed by atoms with Gasteiger partial charge < -0.3 is 15.4 Å². The fourth-order valence-electron chi connectivity index (χ4n) is 3.28. The van der Waals surface area contributed by atoms with E-state index in [-0.39, 0.29) is 31.3 Å². The van der Waals surface area contributed by atoms with Gasteiger partial charge in [0.1, 0.15) is 5.82 Å². The standard InChI is InChI=1S/C21H24N6O4/c1-12-3-5-14(6-4-12)15(11-17(29)30)18-13(2)19(27-21(31)26-18)22-8-7-16(28)25-20-23-9-10-24-20/h3-6,9,15H,7-8,10-11H2,1-2H3,(H,29,30)(H,24,25,28)(H2,22,26,27,31). The quantitative estimate of drug-likeness (QED) is 0.503. The number of hydrogen-bond acceptors (Lipinski definition) is 7. The summed E-state index contributed by atoms with van der Waals surface area (Å²) in [5.74, 6) is -1.20. The molecule has 0 aliphatic carbocycles. The summed E-state index contributed by atoms with van der Waals surface area (Å²) in [6.45, 7) is 4.38. The third-order valence-corrected chi connectivity index (χ3v) is 4.85. The van der Waals surface area contributed by atoms with Crippen molar-refractivity contribution in [3.05, 3.63) is 57.1 Å². The van der Waals surface area contributed by atoms with Crippen LogP contribution in [0.25, 0.3) is 0 Å². The highest BCUT2D eigenvalue weighted by Gasteiger charge is 2.23. The molecule has 10 heteroatoms. The van der Waals surface area contributed by atoms with Crippen molar-refractivity contribution in [1.29, 1.82) is 0 Å². The predicted molar refractivity (Wildman–Crippen MR) is 117 cm³/mol. The van der Waals surface area contributed by atoms with Crippen molar-refractivity contribution in [2.75, 3.05) is 18.4 Å². The van der Waals surface area contributed by atoms with Gasteiger partial charge in [-0.25, -0.2) is 14.8 Å². The summed E-state index contributed by atoms with van der Waals surface area (Å²) in [5, 5.41) is 15.0. The minimum Gasteiger partial charge on any atom is -0.481 e. The van der Waals surface area contributed by atoms with Crippen LogP contribution in [0, 0.1) is 13.8 Å². The SMILES string of the molecule is Cc1ccc(C(CC(=O)O)c2[nH]c(=O)nc(NCCC(=O)NC3=NCC=N3)c2C)cc1.